The summed E-state index contributed by atoms with van der Waals surface area (Å²) in [6.45, 7) is 3.71. The van der Waals surface area contributed by atoms with Gasteiger partial charge in [0.25, 0.3) is 0 Å². The number of halogens is 1. The van der Waals surface area contributed by atoms with Gasteiger partial charge < -0.3 is 28.5 Å². The van der Waals surface area contributed by atoms with E-state index < -0.39 is 10.0 Å². The molecule has 0 unspecified atom stereocenters. The number of rotatable bonds is 19. The summed E-state index contributed by atoms with van der Waals surface area (Å²) < 4.78 is 26.9. The molecule has 28 heavy (non-hydrogen) atoms. The molecule has 0 rings (SSSR count). The molecule has 6 heteroatoms. The first-order chi connectivity index (χ1) is 12.7. The number of sulfonamides is 1. The Morgan fingerprint density at radius 2 is 1.04 bits per heavy atom. The molecule has 0 amide bonds. The maximum Gasteiger partial charge on any atom is 0.214 e. The largest absolute Gasteiger partial charge is 1.00 e. The lowest BCUT2D eigenvalue weighted by atomic mass is 10.0. The highest BCUT2D eigenvalue weighted by atomic mass is 127. The van der Waals surface area contributed by atoms with E-state index in [1.807, 2.05) is 0 Å². The van der Waals surface area contributed by atoms with E-state index in [4.69, 9.17) is 0 Å². The fourth-order valence-electron chi connectivity index (χ4n) is 3.21. The molecule has 4 nitrogen and oxygen atoms in total. The Morgan fingerprint density at radius 1 is 0.679 bits per heavy atom. The quantitative estimate of drug-likeness (QED) is 0.146. The van der Waals surface area contributed by atoms with Gasteiger partial charge in [-0.05, 0) is 6.42 Å². The molecule has 0 spiro atoms. The van der Waals surface area contributed by atoms with Crippen LogP contribution in [0.3, 0.4) is 0 Å². The van der Waals surface area contributed by atoms with Crippen LogP contribution >= 0.6 is 0 Å². The average molecular weight is 533 g/mol. The van der Waals surface area contributed by atoms with E-state index in [1.54, 1.807) is 11.4 Å². The Labute approximate surface area is 194 Å². The zero-order valence-electron chi connectivity index (χ0n) is 19.5. The third-order valence-electron chi connectivity index (χ3n) is 5.32. The Kier molecular flexibility index (Phi) is 20.2. The van der Waals surface area contributed by atoms with Gasteiger partial charge in [-0.3, -0.25) is 0 Å². The summed E-state index contributed by atoms with van der Waals surface area (Å²) in [5, 5.41) is 0. The Hall–Kier alpha value is 0.600. The number of likely N-dealkylation sites (N-methyl/N-ethyl adjacent to an activating group) is 2. The molecular formula is C22H49IN2O2S. The van der Waals surface area contributed by atoms with Crippen LogP contribution in [0.25, 0.3) is 0 Å². The van der Waals surface area contributed by atoms with Crippen LogP contribution in [-0.2, 0) is 10.0 Å². The molecule has 0 heterocycles. The lowest BCUT2D eigenvalue weighted by Crippen LogP contribution is -3.00. The van der Waals surface area contributed by atoms with Gasteiger partial charge in [0.2, 0.25) is 10.0 Å². The van der Waals surface area contributed by atoms with Crippen molar-refractivity contribution in [1.29, 1.82) is 0 Å². The summed E-state index contributed by atoms with van der Waals surface area (Å²) in [6, 6.07) is 0. The Morgan fingerprint density at radius 3 is 1.39 bits per heavy atom. The first kappa shape index (κ1) is 30.8. The van der Waals surface area contributed by atoms with Crippen molar-refractivity contribution in [2.45, 2.75) is 96.8 Å². The summed E-state index contributed by atoms with van der Waals surface area (Å²) in [5.41, 5.74) is 0. The van der Waals surface area contributed by atoms with Crippen LogP contribution < -0.4 is 24.0 Å². The Balaban J connectivity index is 0. The topological polar surface area (TPSA) is 37.4 Å². The first-order valence-electron chi connectivity index (χ1n) is 11.4. The van der Waals surface area contributed by atoms with Gasteiger partial charge in [-0.25, -0.2) is 8.42 Å². The number of hydrogen-bond acceptors (Lipinski definition) is 2. The summed E-state index contributed by atoms with van der Waals surface area (Å²) >= 11 is 0. The zero-order valence-corrected chi connectivity index (χ0v) is 22.5. The van der Waals surface area contributed by atoms with Crippen molar-refractivity contribution in [3.8, 4) is 0 Å². The predicted molar refractivity (Wildman–Crippen MR) is 120 cm³/mol. The van der Waals surface area contributed by atoms with Gasteiger partial charge in [0.1, 0.15) is 0 Å². The van der Waals surface area contributed by atoms with E-state index in [9.17, 15) is 8.42 Å². The third kappa shape index (κ3) is 19.9. The molecule has 0 aromatic carbocycles. The van der Waals surface area contributed by atoms with Crippen molar-refractivity contribution in [3.05, 3.63) is 0 Å². The maximum atomic E-state index is 12.3. The molecule has 0 atom stereocenters. The molecule has 0 radical (unpaired) electrons. The molecule has 0 saturated heterocycles. The van der Waals surface area contributed by atoms with Crippen LogP contribution in [0, 0.1) is 0 Å². The van der Waals surface area contributed by atoms with Crippen LogP contribution in [-0.4, -0.2) is 64.2 Å². The van der Waals surface area contributed by atoms with Gasteiger partial charge in [0.15, 0.2) is 0 Å². The molecular weight excluding hydrogens is 483 g/mol. The second-order valence-corrected chi connectivity index (χ2v) is 11.4. The van der Waals surface area contributed by atoms with Gasteiger partial charge in [-0.15, -0.1) is 0 Å². The summed E-state index contributed by atoms with van der Waals surface area (Å²) in [7, 11) is 4.92. The molecule has 0 aromatic heterocycles. The smallest absolute Gasteiger partial charge is 0.214 e. The van der Waals surface area contributed by atoms with Gasteiger partial charge >= 0.3 is 0 Å². The van der Waals surface area contributed by atoms with Crippen LogP contribution in [0.5, 0.6) is 0 Å². The first-order valence-corrected chi connectivity index (χ1v) is 13.0. The second kappa shape index (κ2) is 18.4. The summed E-state index contributed by atoms with van der Waals surface area (Å²) in [6.07, 6.45) is 18.1. The number of unbranched alkanes of at least 4 members (excludes halogenated alkanes) is 13. The van der Waals surface area contributed by atoms with Crippen molar-refractivity contribution in [1.82, 2.24) is 4.31 Å². The van der Waals surface area contributed by atoms with Crippen LogP contribution in [0.15, 0.2) is 0 Å². The van der Waals surface area contributed by atoms with E-state index >= 15 is 0 Å². The normalized spacial score (nSPS) is 12.4. The van der Waals surface area contributed by atoms with Gasteiger partial charge in [-0.2, -0.15) is 4.31 Å². The molecule has 0 aromatic rings. The highest BCUT2D eigenvalue weighted by Gasteiger charge is 2.19. The Bertz CT molecular complexity index is 436. The molecule has 0 bridgehead atoms. The lowest BCUT2D eigenvalue weighted by molar-refractivity contribution is -0.869. The monoisotopic (exact) mass is 532 g/mol. The van der Waals surface area contributed by atoms with Crippen LogP contribution in [0.1, 0.15) is 96.8 Å². The van der Waals surface area contributed by atoms with E-state index in [2.05, 4.69) is 28.1 Å². The fourth-order valence-corrected chi connectivity index (χ4v) is 4.46. The molecule has 0 aliphatic carbocycles. The third-order valence-corrected chi connectivity index (χ3v) is 7.25. The van der Waals surface area contributed by atoms with Gasteiger partial charge in [-0.1, -0.05) is 90.4 Å². The van der Waals surface area contributed by atoms with Crippen molar-refractivity contribution in [3.63, 3.8) is 0 Å². The average Bonchev–Trinajstić information content (AvgIpc) is 2.59. The molecule has 0 N–H and O–H groups in total. The van der Waals surface area contributed by atoms with E-state index in [1.165, 1.54) is 77.0 Å². The lowest BCUT2D eigenvalue weighted by Gasteiger charge is -2.26. The minimum Gasteiger partial charge on any atom is -1.00 e. The van der Waals surface area contributed by atoms with Crippen molar-refractivity contribution < 1.29 is 36.9 Å². The van der Waals surface area contributed by atoms with Gasteiger partial charge in [0.05, 0.1) is 40.0 Å². The molecule has 0 aliphatic heterocycles. The molecule has 172 valence electrons. The SMILES string of the molecule is CCCCCCCCCCCCCCCCS(=O)(=O)N(C)CC[N+](C)(C)C.[I-]. The predicted octanol–water partition coefficient (Wildman–Crippen LogP) is 2.44. The summed E-state index contributed by atoms with van der Waals surface area (Å²) in [5.74, 6) is 0.304. The number of nitrogens with zero attached hydrogens (tertiary/aromatic N) is 2. The number of hydrogen-bond donors (Lipinski definition) is 0. The van der Waals surface area contributed by atoms with E-state index in [0.29, 0.717) is 12.3 Å². The second-order valence-electron chi connectivity index (χ2n) is 9.25. The zero-order chi connectivity index (χ0) is 20.6. The minimum absolute atomic E-state index is 0. The molecule has 0 fully saturated rings. The van der Waals surface area contributed by atoms with Gasteiger partial charge in [0, 0.05) is 7.05 Å². The highest BCUT2D eigenvalue weighted by molar-refractivity contribution is 7.89. The van der Waals surface area contributed by atoms with Crippen molar-refractivity contribution in [2.24, 2.45) is 0 Å². The molecule has 0 aliphatic rings. The van der Waals surface area contributed by atoms with Crippen LogP contribution in [0.2, 0.25) is 0 Å². The van der Waals surface area contributed by atoms with E-state index in [0.717, 1.165) is 23.9 Å². The van der Waals surface area contributed by atoms with Crippen molar-refractivity contribution >= 4 is 10.0 Å². The highest BCUT2D eigenvalue weighted by Crippen LogP contribution is 2.13. The summed E-state index contributed by atoms with van der Waals surface area (Å²) in [4.78, 5) is 0. The fraction of sp³-hybridized carbons (Fsp3) is 1.00. The number of quaternary nitrogens is 1. The minimum atomic E-state index is -3.08. The van der Waals surface area contributed by atoms with Crippen LogP contribution in [0.4, 0.5) is 0 Å². The standard InChI is InChI=1S/C22H49N2O2S.HI/c1-6-7-8-9-10-11-12-13-14-15-16-17-18-19-22-27(25,26)23(2)20-21-24(3,4)5;/h6-22H2,1-5H3;1H/q+1;/p-1. The maximum absolute atomic E-state index is 12.3. The van der Waals surface area contributed by atoms with Crippen molar-refractivity contribution in [2.75, 3.05) is 47.0 Å². The molecule has 0 saturated carbocycles. The van der Waals surface area contributed by atoms with E-state index in [-0.39, 0.29) is 24.0 Å².